The molecule has 0 aromatic carbocycles. The van der Waals surface area contributed by atoms with Gasteiger partial charge in [0.25, 0.3) is 0 Å². The van der Waals surface area contributed by atoms with Crippen molar-refractivity contribution in [1.82, 2.24) is 4.90 Å². The predicted molar refractivity (Wildman–Crippen MR) is 57.7 cm³/mol. The highest BCUT2D eigenvalue weighted by molar-refractivity contribution is 5.67. The van der Waals surface area contributed by atoms with Crippen LogP contribution >= 0.6 is 0 Å². The van der Waals surface area contributed by atoms with Crippen molar-refractivity contribution >= 4 is 6.09 Å². The molecule has 1 amide bonds. The van der Waals surface area contributed by atoms with E-state index in [-0.39, 0.29) is 19.1 Å². The molecule has 5 heteroatoms. The molecular formula is C11H18N2O3. The van der Waals surface area contributed by atoms with E-state index in [1.807, 2.05) is 20.8 Å². The molecule has 0 bridgehead atoms. The van der Waals surface area contributed by atoms with Crippen LogP contribution in [-0.2, 0) is 0 Å². The van der Waals surface area contributed by atoms with E-state index in [9.17, 15) is 9.90 Å². The van der Waals surface area contributed by atoms with E-state index in [1.165, 1.54) is 4.90 Å². The Bertz CT molecular complexity index is 329. The molecule has 1 rings (SSSR count). The number of nitrogens with zero attached hydrogens (tertiary/aromatic N) is 2. The summed E-state index contributed by atoms with van der Waals surface area (Å²) in [5.41, 5.74) is -1.25. The number of rotatable bonds is 1. The first-order valence-corrected chi connectivity index (χ1v) is 5.29. The quantitative estimate of drug-likeness (QED) is 0.705. The molecule has 0 spiro atoms. The molecule has 0 unspecified atom stereocenters. The third-order valence-corrected chi connectivity index (χ3v) is 3.57. The molecule has 90 valence electrons. The van der Waals surface area contributed by atoms with Gasteiger partial charge in [0, 0.05) is 6.54 Å². The lowest BCUT2D eigenvalue weighted by Gasteiger charge is -2.45. The lowest BCUT2D eigenvalue weighted by molar-refractivity contribution is -0.0114. The van der Waals surface area contributed by atoms with Crippen molar-refractivity contribution in [2.45, 2.75) is 32.7 Å². The fourth-order valence-corrected chi connectivity index (χ4v) is 2.42. The van der Waals surface area contributed by atoms with Crippen LogP contribution < -0.4 is 0 Å². The highest BCUT2D eigenvalue weighted by atomic mass is 16.4. The zero-order chi connectivity index (χ0) is 12.6. The standard InChI is InChI=1S/C11H18N2O3/c1-10(2,3)11(7-14)4-8(5-12)6-13(11)9(15)16/h8,14H,4,6-7H2,1-3H3,(H,15,16)/t8-,11-/m0/s1. The number of hydrogen-bond acceptors (Lipinski definition) is 3. The Labute approximate surface area is 95.3 Å². The fourth-order valence-electron chi connectivity index (χ4n) is 2.42. The van der Waals surface area contributed by atoms with E-state index in [2.05, 4.69) is 6.07 Å². The number of aliphatic hydroxyl groups is 1. The van der Waals surface area contributed by atoms with Crippen molar-refractivity contribution < 1.29 is 15.0 Å². The molecule has 5 nitrogen and oxygen atoms in total. The predicted octanol–water partition coefficient (Wildman–Crippen LogP) is 1.29. The topological polar surface area (TPSA) is 84.6 Å². The Kier molecular flexibility index (Phi) is 3.15. The van der Waals surface area contributed by atoms with Gasteiger partial charge < -0.3 is 10.2 Å². The van der Waals surface area contributed by atoms with Gasteiger partial charge in [-0.3, -0.25) is 4.90 Å². The minimum Gasteiger partial charge on any atom is -0.465 e. The molecular weight excluding hydrogens is 208 g/mol. The van der Waals surface area contributed by atoms with Crippen LogP contribution in [0.4, 0.5) is 4.79 Å². The van der Waals surface area contributed by atoms with Gasteiger partial charge in [0.15, 0.2) is 0 Å². The van der Waals surface area contributed by atoms with Crippen LogP contribution in [0.2, 0.25) is 0 Å². The second-order valence-corrected chi connectivity index (χ2v) is 5.36. The molecule has 16 heavy (non-hydrogen) atoms. The summed E-state index contributed by atoms with van der Waals surface area (Å²) in [7, 11) is 0. The number of amides is 1. The second kappa shape index (κ2) is 3.95. The number of carboxylic acid groups (broad SMARTS) is 1. The summed E-state index contributed by atoms with van der Waals surface area (Å²) in [5, 5.41) is 27.6. The maximum absolute atomic E-state index is 11.2. The van der Waals surface area contributed by atoms with E-state index in [1.54, 1.807) is 0 Å². The third kappa shape index (κ3) is 1.74. The summed E-state index contributed by atoms with van der Waals surface area (Å²) in [6.45, 7) is 5.60. The van der Waals surface area contributed by atoms with Crippen LogP contribution in [0, 0.1) is 22.7 Å². The van der Waals surface area contributed by atoms with E-state index in [0.717, 1.165) is 0 Å². The summed E-state index contributed by atoms with van der Waals surface area (Å²) >= 11 is 0. The lowest BCUT2D eigenvalue weighted by atomic mass is 9.71. The number of likely N-dealkylation sites (tertiary alicyclic amines) is 1. The maximum atomic E-state index is 11.2. The van der Waals surface area contributed by atoms with Crippen molar-refractivity contribution in [3.8, 4) is 6.07 Å². The zero-order valence-electron chi connectivity index (χ0n) is 9.90. The average Bonchev–Trinajstić information content (AvgIpc) is 2.56. The first-order valence-electron chi connectivity index (χ1n) is 5.29. The molecule has 0 aromatic heterocycles. The summed E-state index contributed by atoms with van der Waals surface area (Å²) < 4.78 is 0. The van der Waals surface area contributed by atoms with Crippen LogP contribution in [0.5, 0.6) is 0 Å². The largest absolute Gasteiger partial charge is 0.465 e. The Hall–Kier alpha value is -1.28. The van der Waals surface area contributed by atoms with E-state index >= 15 is 0 Å². The normalized spacial score (nSPS) is 30.2. The fraction of sp³-hybridized carbons (Fsp3) is 0.818. The van der Waals surface area contributed by atoms with Gasteiger partial charge in [-0.05, 0) is 11.8 Å². The molecule has 1 aliphatic heterocycles. The first-order chi connectivity index (χ1) is 7.28. The molecule has 1 saturated heterocycles. The lowest BCUT2D eigenvalue weighted by Crippen LogP contribution is -2.57. The van der Waals surface area contributed by atoms with Crippen LogP contribution in [0.3, 0.4) is 0 Å². The number of carbonyl (C=O) groups is 1. The smallest absolute Gasteiger partial charge is 0.407 e. The van der Waals surface area contributed by atoms with Crippen molar-refractivity contribution in [3.63, 3.8) is 0 Å². The van der Waals surface area contributed by atoms with E-state index in [0.29, 0.717) is 6.42 Å². The molecule has 2 atom stereocenters. The molecule has 0 aromatic rings. The van der Waals surface area contributed by atoms with E-state index < -0.39 is 17.0 Å². The van der Waals surface area contributed by atoms with Crippen LogP contribution in [0.15, 0.2) is 0 Å². The molecule has 1 fully saturated rings. The highest BCUT2D eigenvalue weighted by Gasteiger charge is 2.54. The maximum Gasteiger partial charge on any atom is 0.407 e. The number of nitriles is 1. The van der Waals surface area contributed by atoms with Gasteiger partial charge in [0.1, 0.15) is 0 Å². The number of hydrogen-bond donors (Lipinski definition) is 2. The van der Waals surface area contributed by atoms with Gasteiger partial charge in [0.2, 0.25) is 0 Å². The molecule has 0 saturated carbocycles. The summed E-state index contributed by atoms with van der Waals surface area (Å²) in [5.74, 6) is -0.331. The van der Waals surface area contributed by atoms with Gasteiger partial charge in [-0.25, -0.2) is 4.79 Å². The van der Waals surface area contributed by atoms with E-state index in [4.69, 9.17) is 10.4 Å². The Morgan fingerprint density at radius 1 is 1.62 bits per heavy atom. The monoisotopic (exact) mass is 226 g/mol. The molecule has 1 heterocycles. The van der Waals surface area contributed by atoms with Crippen molar-refractivity contribution in [2.75, 3.05) is 13.2 Å². The highest BCUT2D eigenvalue weighted by Crippen LogP contribution is 2.45. The Morgan fingerprint density at radius 2 is 2.19 bits per heavy atom. The van der Waals surface area contributed by atoms with Crippen LogP contribution in [0.1, 0.15) is 27.2 Å². The second-order valence-electron chi connectivity index (χ2n) is 5.36. The van der Waals surface area contributed by atoms with Gasteiger partial charge >= 0.3 is 6.09 Å². The van der Waals surface area contributed by atoms with Gasteiger partial charge in [-0.2, -0.15) is 5.26 Å². The minimum absolute atomic E-state index is 0.184. The average molecular weight is 226 g/mol. The third-order valence-electron chi connectivity index (χ3n) is 3.57. The summed E-state index contributed by atoms with van der Waals surface area (Å²) in [6, 6.07) is 2.09. The Balaban J connectivity index is 3.16. The summed E-state index contributed by atoms with van der Waals surface area (Å²) in [4.78, 5) is 12.4. The van der Waals surface area contributed by atoms with Crippen molar-refractivity contribution in [1.29, 1.82) is 5.26 Å². The zero-order valence-corrected chi connectivity index (χ0v) is 9.90. The van der Waals surface area contributed by atoms with Gasteiger partial charge in [-0.15, -0.1) is 0 Å². The molecule has 2 N–H and O–H groups in total. The molecule has 1 aliphatic rings. The molecule has 0 aliphatic carbocycles. The Morgan fingerprint density at radius 3 is 2.44 bits per heavy atom. The van der Waals surface area contributed by atoms with Crippen molar-refractivity contribution in [3.05, 3.63) is 0 Å². The van der Waals surface area contributed by atoms with Crippen LogP contribution in [-0.4, -0.2) is 39.9 Å². The number of aliphatic hydroxyl groups excluding tert-OH is 1. The SMILES string of the molecule is CC(C)(C)[C@@]1(CO)C[C@@H](C#N)CN1C(=O)O. The van der Waals surface area contributed by atoms with Gasteiger partial charge in [-0.1, -0.05) is 20.8 Å². The van der Waals surface area contributed by atoms with Crippen LogP contribution in [0.25, 0.3) is 0 Å². The van der Waals surface area contributed by atoms with Crippen molar-refractivity contribution in [2.24, 2.45) is 11.3 Å². The summed E-state index contributed by atoms with van der Waals surface area (Å²) in [6.07, 6.45) is -0.669. The molecule has 0 radical (unpaired) electrons. The minimum atomic E-state index is -1.07. The van der Waals surface area contributed by atoms with Gasteiger partial charge in [0.05, 0.1) is 24.1 Å². The first kappa shape index (κ1) is 12.8.